The molecule has 3 heterocycles. The van der Waals surface area contributed by atoms with Crippen LogP contribution >= 0.6 is 0 Å². The smallest absolute Gasteiger partial charge is 0.410 e. The van der Waals surface area contributed by atoms with Crippen LogP contribution in [0.25, 0.3) is 0 Å². The van der Waals surface area contributed by atoms with Gasteiger partial charge >= 0.3 is 6.09 Å². The van der Waals surface area contributed by atoms with E-state index >= 15 is 0 Å². The van der Waals surface area contributed by atoms with Crippen molar-refractivity contribution in [1.29, 1.82) is 0 Å². The van der Waals surface area contributed by atoms with Gasteiger partial charge in [-0.05, 0) is 72.9 Å². The molecular formula is C27H39NO6. The number of phenolic OH excluding ortho intramolecular Hbond substituents is 1. The molecule has 7 nitrogen and oxygen atoms in total. The van der Waals surface area contributed by atoms with E-state index in [0.717, 1.165) is 18.4 Å². The van der Waals surface area contributed by atoms with Crippen molar-refractivity contribution in [3.63, 3.8) is 0 Å². The second-order valence-corrected chi connectivity index (χ2v) is 11.7. The molecule has 7 heteroatoms. The van der Waals surface area contributed by atoms with E-state index in [1.165, 1.54) is 5.57 Å². The van der Waals surface area contributed by atoms with Crippen LogP contribution in [0.2, 0.25) is 0 Å². The summed E-state index contributed by atoms with van der Waals surface area (Å²) >= 11 is 0. The highest BCUT2D eigenvalue weighted by atomic mass is 16.6. The highest BCUT2D eigenvalue weighted by Crippen LogP contribution is 2.55. The van der Waals surface area contributed by atoms with Crippen LogP contribution in [0.15, 0.2) is 29.8 Å². The minimum atomic E-state index is -0.654. The van der Waals surface area contributed by atoms with E-state index in [-0.39, 0.29) is 24.3 Å². The third kappa shape index (κ3) is 4.78. The van der Waals surface area contributed by atoms with E-state index in [0.29, 0.717) is 25.2 Å². The molecule has 2 N–H and O–H groups in total. The number of likely N-dealkylation sites (tertiary alicyclic amines) is 1. The van der Waals surface area contributed by atoms with Gasteiger partial charge in [-0.1, -0.05) is 11.6 Å². The second kappa shape index (κ2) is 8.76. The molecule has 0 saturated carbocycles. The third-order valence-corrected chi connectivity index (χ3v) is 7.32. The molecular weight excluding hydrogens is 434 g/mol. The normalized spacial score (nSPS) is 32.6. The van der Waals surface area contributed by atoms with Crippen LogP contribution in [0, 0.1) is 5.92 Å². The maximum Gasteiger partial charge on any atom is 0.410 e. The quantitative estimate of drug-likeness (QED) is 0.593. The van der Waals surface area contributed by atoms with E-state index in [4.69, 9.17) is 14.2 Å². The number of hydrogen-bond acceptors (Lipinski definition) is 6. The number of nitrogens with zero attached hydrogens (tertiary/aromatic N) is 1. The summed E-state index contributed by atoms with van der Waals surface area (Å²) in [6.45, 7) is 12.3. The fourth-order valence-corrected chi connectivity index (χ4v) is 5.77. The Bertz CT molecular complexity index is 964. The number of rotatable bonds is 3. The molecule has 0 bridgehead atoms. The van der Waals surface area contributed by atoms with Gasteiger partial charge < -0.3 is 24.4 Å². The number of aliphatic hydroxyl groups is 1. The summed E-state index contributed by atoms with van der Waals surface area (Å²) < 4.78 is 18.8. The highest BCUT2D eigenvalue weighted by molar-refractivity contribution is 5.70. The number of β-amino-alcohol motifs (C(OH)–C–C–N with tert-alkyl or cyclic N) is 1. The predicted molar refractivity (Wildman–Crippen MR) is 129 cm³/mol. The Balaban J connectivity index is 1.69. The monoisotopic (exact) mass is 473 g/mol. The van der Waals surface area contributed by atoms with Crippen molar-refractivity contribution in [3.8, 4) is 11.5 Å². The van der Waals surface area contributed by atoms with Gasteiger partial charge in [0.15, 0.2) is 0 Å². The van der Waals surface area contributed by atoms with E-state index in [1.807, 2.05) is 26.8 Å². The molecule has 34 heavy (non-hydrogen) atoms. The van der Waals surface area contributed by atoms with Crippen LogP contribution < -0.4 is 4.74 Å². The van der Waals surface area contributed by atoms with Crippen LogP contribution in [-0.4, -0.2) is 57.2 Å². The van der Waals surface area contributed by atoms with Crippen molar-refractivity contribution in [2.75, 3.05) is 13.2 Å². The molecule has 1 aromatic rings. The van der Waals surface area contributed by atoms with Crippen LogP contribution in [0.1, 0.15) is 78.9 Å². The summed E-state index contributed by atoms with van der Waals surface area (Å²) in [5, 5.41) is 20.7. The molecule has 1 aromatic carbocycles. The Morgan fingerprint density at radius 1 is 1.29 bits per heavy atom. The van der Waals surface area contributed by atoms with Crippen molar-refractivity contribution in [2.24, 2.45) is 5.92 Å². The fourth-order valence-electron chi connectivity index (χ4n) is 5.77. The lowest BCUT2D eigenvalue weighted by Gasteiger charge is -2.54. The van der Waals surface area contributed by atoms with Crippen LogP contribution in [0.5, 0.6) is 11.5 Å². The van der Waals surface area contributed by atoms with Gasteiger partial charge in [-0.3, -0.25) is 4.90 Å². The first kappa shape index (κ1) is 24.9. The summed E-state index contributed by atoms with van der Waals surface area (Å²) in [4.78, 5) is 14.8. The molecule has 3 aliphatic heterocycles. The first-order valence-electron chi connectivity index (χ1n) is 12.3. The fraction of sp³-hybridized carbons (Fsp3) is 0.667. The Morgan fingerprint density at radius 3 is 2.71 bits per heavy atom. The standard InChI is InChI=1S/C27H39NO6/c1-17(2)8-7-11-26(6)21-14-27(13-19(30)15-28(27)24(31)34-25(3,4)5)16-32-23(21)20-10-9-18(29)12-22(20)33-26/h8-10,12,19,21,23,29-30H,7,11,13-16H2,1-6H3/t19-,21-,23+,26+,27?/m1/s1. The molecule has 188 valence electrons. The van der Waals surface area contributed by atoms with E-state index in [9.17, 15) is 15.0 Å². The molecule has 0 aromatic heterocycles. The van der Waals surface area contributed by atoms with Gasteiger partial charge in [0, 0.05) is 24.0 Å². The van der Waals surface area contributed by atoms with E-state index in [2.05, 4.69) is 26.8 Å². The zero-order chi connectivity index (χ0) is 24.9. The summed E-state index contributed by atoms with van der Waals surface area (Å²) in [6.07, 6.45) is 3.64. The van der Waals surface area contributed by atoms with Crippen LogP contribution in [0.4, 0.5) is 4.79 Å². The van der Waals surface area contributed by atoms with Crippen molar-refractivity contribution in [2.45, 2.75) is 96.2 Å². The molecule has 0 radical (unpaired) electrons. The lowest BCUT2D eigenvalue weighted by molar-refractivity contribution is -0.170. The molecule has 2 saturated heterocycles. The summed E-state index contributed by atoms with van der Waals surface area (Å²) in [5.74, 6) is 0.762. The zero-order valence-electron chi connectivity index (χ0n) is 21.3. The second-order valence-electron chi connectivity index (χ2n) is 11.7. The number of aromatic hydroxyl groups is 1. The molecule has 2 fully saturated rings. The lowest BCUT2D eigenvalue weighted by Crippen LogP contribution is -2.60. The number of phenols is 1. The van der Waals surface area contributed by atoms with E-state index < -0.39 is 28.9 Å². The Morgan fingerprint density at radius 2 is 2.03 bits per heavy atom. The third-order valence-electron chi connectivity index (χ3n) is 7.32. The van der Waals surface area contributed by atoms with Crippen LogP contribution in [-0.2, 0) is 9.47 Å². The van der Waals surface area contributed by atoms with Crippen molar-refractivity contribution < 1.29 is 29.2 Å². The predicted octanol–water partition coefficient (Wildman–Crippen LogP) is 5.11. The molecule has 3 aliphatic rings. The number of hydrogen-bond donors (Lipinski definition) is 2. The van der Waals surface area contributed by atoms with Crippen molar-refractivity contribution >= 4 is 6.09 Å². The summed E-state index contributed by atoms with van der Waals surface area (Å²) in [7, 11) is 0. The van der Waals surface area contributed by atoms with E-state index in [1.54, 1.807) is 17.0 Å². The summed E-state index contributed by atoms with van der Waals surface area (Å²) in [5.41, 5.74) is 0.314. The molecule has 4 rings (SSSR count). The molecule has 1 amide bonds. The average Bonchev–Trinajstić information content (AvgIpc) is 3.02. The maximum absolute atomic E-state index is 13.2. The zero-order valence-corrected chi connectivity index (χ0v) is 21.3. The highest BCUT2D eigenvalue weighted by Gasteiger charge is 2.59. The number of benzene rings is 1. The molecule has 1 unspecified atom stereocenters. The Hall–Kier alpha value is -2.25. The topological polar surface area (TPSA) is 88.5 Å². The van der Waals surface area contributed by atoms with Crippen molar-refractivity contribution in [1.82, 2.24) is 4.90 Å². The van der Waals surface area contributed by atoms with Gasteiger partial charge in [0.25, 0.3) is 0 Å². The maximum atomic E-state index is 13.2. The van der Waals surface area contributed by atoms with Gasteiger partial charge in [-0.2, -0.15) is 0 Å². The van der Waals surface area contributed by atoms with Gasteiger partial charge in [-0.25, -0.2) is 4.79 Å². The Kier molecular flexibility index (Phi) is 6.40. The number of ether oxygens (including phenoxy) is 3. The SMILES string of the molecule is CC(C)=CCC[C@]1(C)Oc2cc(O)ccc2[C@@H]2OCC3(C[C@@H](O)CN3C(=O)OC(C)(C)C)C[C@H]21. The first-order valence-corrected chi connectivity index (χ1v) is 12.3. The molecule has 1 spiro atoms. The largest absolute Gasteiger partial charge is 0.508 e. The number of carbonyl (C=O) groups is 1. The number of carbonyl (C=O) groups excluding carboxylic acids is 1. The molecule has 5 atom stereocenters. The van der Waals surface area contributed by atoms with Crippen LogP contribution in [0.3, 0.4) is 0 Å². The molecule has 0 aliphatic carbocycles. The summed E-state index contributed by atoms with van der Waals surface area (Å²) in [6, 6.07) is 5.18. The van der Waals surface area contributed by atoms with Crippen molar-refractivity contribution in [3.05, 3.63) is 35.4 Å². The van der Waals surface area contributed by atoms with Gasteiger partial charge in [0.1, 0.15) is 22.7 Å². The average molecular weight is 474 g/mol. The first-order chi connectivity index (χ1) is 15.8. The Labute approximate surface area is 202 Å². The number of aliphatic hydroxyl groups excluding tert-OH is 1. The van der Waals surface area contributed by atoms with Gasteiger partial charge in [-0.15, -0.1) is 0 Å². The number of amides is 1. The minimum absolute atomic E-state index is 0.0425. The number of allylic oxidation sites excluding steroid dienone is 2. The van der Waals surface area contributed by atoms with Gasteiger partial charge in [0.05, 0.1) is 30.9 Å². The van der Waals surface area contributed by atoms with Gasteiger partial charge in [0.2, 0.25) is 0 Å². The number of fused-ring (bicyclic) bond motifs is 3. The minimum Gasteiger partial charge on any atom is -0.508 e. The lowest BCUT2D eigenvalue weighted by atomic mass is 9.68.